The summed E-state index contributed by atoms with van der Waals surface area (Å²) in [7, 11) is -3.78. The van der Waals surface area contributed by atoms with E-state index < -0.39 is 16.0 Å². The summed E-state index contributed by atoms with van der Waals surface area (Å²) >= 11 is 0. The lowest BCUT2D eigenvalue weighted by molar-refractivity contribution is 0.0492. The van der Waals surface area contributed by atoms with Crippen LogP contribution in [0.1, 0.15) is 47.0 Å². The molecular formula is C35H36N4O5S. The molecule has 45 heavy (non-hydrogen) atoms. The van der Waals surface area contributed by atoms with E-state index in [4.69, 9.17) is 9.15 Å². The van der Waals surface area contributed by atoms with Crippen molar-refractivity contribution in [3.63, 3.8) is 0 Å². The number of rotatable bonds is 10. The second-order valence-electron chi connectivity index (χ2n) is 11.5. The molecular weight excluding hydrogens is 588 g/mol. The number of unbranched alkanes of at least 4 members (excludes halogenated alkanes) is 1. The second-order valence-corrected chi connectivity index (χ2v) is 13.3. The van der Waals surface area contributed by atoms with Crippen LogP contribution < -0.4 is 4.90 Å². The molecule has 0 aliphatic carbocycles. The van der Waals surface area contributed by atoms with Crippen molar-refractivity contribution in [2.75, 3.05) is 44.2 Å². The van der Waals surface area contributed by atoms with Gasteiger partial charge in [0.15, 0.2) is 0 Å². The number of carbonyl (C=O) groups is 1. The summed E-state index contributed by atoms with van der Waals surface area (Å²) in [6.07, 6.45) is 4.33. The van der Waals surface area contributed by atoms with E-state index in [0.717, 1.165) is 79.6 Å². The van der Waals surface area contributed by atoms with Crippen LogP contribution in [0, 0.1) is 18.3 Å². The standard InChI is InChI=1S/C35H36N4O5S/c1-3-43-35(40)34-22-28-21-29(10-14-33(28)44-34)38-18-16-37(17-19-38)15-5-4-6-27-24-39(32-13-9-26(23-36)20-31(27)32)45(41,42)30-11-7-25(2)8-12-30/h7-14,20-22,24H,3-6,15-19H2,1-2H3. The van der Waals surface area contributed by atoms with Gasteiger partial charge in [-0.2, -0.15) is 5.26 Å². The number of carbonyl (C=O) groups excluding carboxylic acids is 1. The summed E-state index contributed by atoms with van der Waals surface area (Å²) in [4.78, 5) is 17.1. The van der Waals surface area contributed by atoms with Crippen LogP contribution in [0.25, 0.3) is 21.9 Å². The third-order valence-electron chi connectivity index (χ3n) is 8.44. The van der Waals surface area contributed by atoms with Crippen LogP contribution in [0.4, 0.5) is 5.69 Å². The minimum atomic E-state index is -3.78. The highest BCUT2D eigenvalue weighted by Crippen LogP contribution is 2.29. The predicted molar refractivity (Wildman–Crippen MR) is 174 cm³/mol. The van der Waals surface area contributed by atoms with E-state index in [0.29, 0.717) is 23.3 Å². The summed E-state index contributed by atoms with van der Waals surface area (Å²) in [5.74, 6) is -0.231. The Kier molecular flexibility index (Phi) is 8.65. The van der Waals surface area contributed by atoms with Crippen LogP contribution in [0.5, 0.6) is 0 Å². The van der Waals surface area contributed by atoms with Gasteiger partial charge in [-0.3, -0.25) is 4.90 Å². The van der Waals surface area contributed by atoms with Crippen LogP contribution in [-0.4, -0.2) is 62.6 Å². The molecule has 9 nitrogen and oxygen atoms in total. The number of anilines is 1. The van der Waals surface area contributed by atoms with E-state index in [1.54, 1.807) is 61.7 Å². The van der Waals surface area contributed by atoms with Crippen molar-refractivity contribution in [1.82, 2.24) is 8.87 Å². The fraction of sp³-hybridized carbons (Fsp3) is 0.314. The molecule has 0 atom stereocenters. The Morgan fingerprint density at radius 3 is 2.49 bits per heavy atom. The van der Waals surface area contributed by atoms with Gasteiger partial charge in [-0.25, -0.2) is 17.2 Å². The van der Waals surface area contributed by atoms with Crippen LogP contribution in [0.2, 0.25) is 0 Å². The molecule has 10 heteroatoms. The van der Waals surface area contributed by atoms with E-state index >= 15 is 0 Å². The number of hydrogen-bond acceptors (Lipinski definition) is 8. The van der Waals surface area contributed by atoms with Crippen molar-refractivity contribution in [3.8, 4) is 6.07 Å². The second kappa shape index (κ2) is 12.8. The molecule has 232 valence electrons. The van der Waals surface area contributed by atoms with Crippen molar-refractivity contribution in [1.29, 1.82) is 5.26 Å². The number of hydrogen-bond donors (Lipinski definition) is 0. The number of nitriles is 1. The zero-order valence-electron chi connectivity index (χ0n) is 25.5. The SMILES string of the molecule is CCOC(=O)c1cc2cc(N3CCN(CCCCc4cn(S(=O)(=O)c5ccc(C)cc5)c5ccc(C#N)cc45)CC3)ccc2o1. The van der Waals surface area contributed by atoms with Crippen molar-refractivity contribution in [2.45, 2.75) is 38.0 Å². The molecule has 0 unspecified atom stereocenters. The summed E-state index contributed by atoms with van der Waals surface area (Å²) in [6.45, 7) is 8.64. The minimum Gasteiger partial charge on any atom is -0.460 e. The van der Waals surface area contributed by atoms with E-state index in [1.807, 2.05) is 19.1 Å². The molecule has 6 rings (SSSR count). The average molecular weight is 625 g/mol. The van der Waals surface area contributed by atoms with Gasteiger partial charge in [0.1, 0.15) is 5.58 Å². The number of piperazine rings is 1. The van der Waals surface area contributed by atoms with Crippen molar-refractivity contribution in [2.24, 2.45) is 0 Å². The molecule has 1 aliphatic heterocycles. The maximum absolute atomic E-state index is 13.6. The molecule has 0 spiro atoms. The fourth-order valence-electron chi connectivity index (χ4n) is 5.97. The molecule has 0 radical (unpaired) electrons. The topological polar surface area (TPSA) is 109 Å². The lowest BCUT2D eigenvalue weighted by Gasteiger charge is -2.36. The van der Waals surface area contributed by atoms with Crippen molar-refractivity contribution < 1.29 is 22.4 Å². The summed E-state index contributed by atoms with van der Waals surface area (Å²) in [5, 5.41) is 11.2. The molecule has 0 N–H and O–H groups in total. The maximum Gasteiger partial charge on any atom is 0.374 e. The molecule has 2 aromatic heterocycles. The van der Waals surface area contributed by atoms with Crippen LogP contribution in [0.3, 0.4) is 0 Å². The van der Waals surface area contributed by atoms with Gasteiger partial charge in [0.05, 0.1) is 28.7 Å². The first-order valence-corrected chi connectivity index (χ1v) is 16.7. The highest BCUT2D eigenvalue weighted by Gasteiger charge is 2.22. The van der Waals surface area contributed by atoms with Crippen LogP contribution in [0.15, 0.2) is 82.2 Å². The monoisotopic (exact) mass is 624 g/mol. The molecule has 1 fully saturated rings. The molecule has 3 heterocycles. The summed E-state index contributed by atoms with van der Waals surface area (Å²) < 4.78 is 39.2. The molecule has 0 bridgehead atoms. The van der Waals surface area contributed by atoms with Gasteiger partial charge < -0.3 is 14.1 Å². The maximum atomic E-state index is 13.6. The Morgan fingerprint density at radius 2 is 1.76 bits per heavy atom. The highest BCUT2D eigenvalue weighted by molar-refractivity contribution is 7.90. The highest BCUT2D eigenvalue weighted by atomic mass is 32.2. The molecule has 5 aromatic rings. The number of fused-ring (bicyclic) bond motifs is 2. The Labute approximate surface area is 263 Å². The Bertz CT molecular complexity index is 2000. The predicted octanol–water partition coefficient (Wildman–Crippen LogP) is 6.13. The van der Waals surface area contributed by atoms with Gasteiger partial charge >= 0.3 is 5.97 Å². The largest absolute Gasteiger partial charge is 0.460 e. The van der Waals surface area contributed by atoms with Gasteiger partial charge in [-0.15, -0.1) is 0 Å². The summed E-state index contributed by atoms with van der Waals surface area (Å²) in [5.41, 5.74) is 4.80. The average Bonchev–Trinajstić information content (AvgIpc) is 3.65. The third-order valence-corrected chi connectivity index (χ3v) is 10.1. The lowest BCUT2D eigenvalue weighted by atomic mass is 10.1. The van der Waals surface area contributed by atoms with E-state index in [-0.39, 0.29) is 10.7 Å². The first-order chi connectivity index (χ1) is 21.8. The zero-order valence-corrected chi connectivity index (χ0v) is 26.3. The lowest BCUT2D eigenvalue weighted by Crippen LogP contribution is -2.46. The smallest absolute Gasteiger partial charge is 0.374 e. The van der Waals surface area contributed by atoms with E-state index in [2.05, 4.69) is 21.9 Å². The first kappa shape index (κ1) is 30.4. The van der Waals surface area contributed by atoms with E-state index in [1.165, 1.54) is 3.97 Å². The van der Waals surface area contributed by atoms with Crippen molar-refractivity contribution >= 4 is 43.6 Å². The number of esters is 1. The van der Waals surface area contributed by atoms with Crippen molar-refractivity contribution in [3.05, 3.63) is 95.4 Å². The number of benzene rings is 3. The van der Waals surface area contributed by atoms with Gasteiger partial charge in [0.25, 0.3) is 10.0 Å². The molecule has 3 aromatic carbocycles. The fourth-order valence-corrected chi connectivity index (χ4v) is 7.36. The Hall–Kier alpha value is -4.59. The van der Waals surface area contributed by atoms with Crippen LogP contribution >= 0.6 is 0 Å². The molecule has 0 amide bonds. The quantitative estimate of drug-likeness (QED) is 0.135. The first-order valence-electron chi connectivity index (χ1n) is 15.3. The van der Waals surface area contributed by atoms with Gasteiger partial charge in [0.2, 0.25) is 5.76 Å². The van der Waals surface area contributed by atoms with Gasteiger partial charge in [-0.1, -0.05) is 17.7 Å². The molecule has 1 aliphatic rings. The molecule has 1 saturated heterocycles. The number of aromatic nitrogens is 1. The van der Waals surface area contributed by atoms with Gasteiger partial charge in [0, 0.05) is 48.8 Å². The number of nitrogens with zero attached hydrogens (tertiary/aromatic N) is 4. The van der Waals surface area contributed by atoms with Gasteiger partial charge in [-0.05, 0) is 99.8 Å². The van der Waals surface area contributed by atoms with Crippen LogP contribution in [-0.2, 0) is 21.2 Å². The molecule has 0 saturated carbocycles. The summed E-state index contributed by atoms with van der Waals surface area (Å²) in [6, 6.07) is 22.0. The Balaban J connectivity index is 1.07. The number of aryl methyl sites for hydroxylation is 2. The number of furan rings is 1. The number of ether oxygens (including phenoxy) is 1. The zero-order chi connectivity index (χ0) is 31.6. The minimum absolute atomic E-state index is 0.219. The normalized spacial score (nSPS) is 14.2. The third kappa shape index (κ3) is 6.32. The van der Waals surface area contributed by atoms with E-state index in [9.17, 15) is 18.5 Å². The Morgan fingerprint density at radius 1 is 0.978 bits per heavy atom.